The lowest BCUT2D eigenvalue weighted by molar-refractivity contribution is 0.0426. The summed E-state index contributed by atoms with van der Waals surface area (Å²) in [6.45, 7) is 9.82. The van der Waals surface area contributed by atoms with E-state index in [1.54, 1.807) is 11.1 Å². The zero-order valence-electron chi connectivity index (χ0n) is 33.7. The summed E-state index contributed by atoms with van der Waals surface area (Å²) >= 11 is 0. The molecule has 2 bridgehead atoms. The molecule has 0 radical (unpaired) electrons. The number of hydrogen-bond acceptors (Lipinski definition) is 1. The van der Waals surface area contributed by atoms with Gasteiger partial charge in [0.1, 0.15) is 0 Å². The van der Waals surface area contributed by atoms with Crippen LogP contribution in [0.4, 0.5) is 17.1 Å². The van der Waals surface area contributed by atoms with Crippen LogP contribution in [0.15, 0.2) is 164 Å². The van der Waals surface area contributed by atoms with Crippen molar-refractivity contribution in [2.24, 2.45) is 23.7 Å². The van der Waals surface area contributed by atoms with Gasteiger partial charge in [-0.1, -0.05) is 149 Å². The molecule has 4 aliphatic rings. The van der Waals surface area contributed by atoms with Crippen molar-refractivity contribution >= 4 is 17.1 Å². The second kappa shape index (κ2) is 12.9. The molecule has 2 saturated carbocycles. The molecule has 57 heavy (non-hydrogen) atoms. The largest absolute Gasteiger partial charge is 0.310 e. The number of fused-ring (bicyclic) bond motifs is 11. The van der Waals surface area contributed by atoms with Crippen LogP contribution >= 0.6 is 0 Å². The van der Waals surface area contributed by atoms with Crippen molar-refractivity contribution in [1.29, 1.82) is 0 Å². The van der Waals surface area contributed by atoms with Crippen LogP contribution in [0.2, 0.25) is 0 Å². The van der Waals surface area contributed by atoms with Crippen molar-refractivity contribution < 1.29 is 0 Å². The normalized spacial score (nSPS) is 23.4. The Balaban J connectivity index is 1.03. The third-order valence-corrected chi connectivity index (χ3v) is 14.8. The van der Waals surface area contributed by atoms with Crippen molar-refractivity contribution in [3.05, 3.63) is 186 Å². The molecule has 7 aromatic rings. The first-order valence-corrected chi connectivity index (χ1v) is 21.4. The highest BCUT2D eigenvalue weighted by Gasteiger charge is 2.56. The second-order valence-electron chi connectivity index (χ2n) is 18.4. The molecule has 1 heteroatoms. The Labute approximate surface area is 339 Å². The minimum Gasteiger partial charge on any atom is -0.310 e. The average Bonchev–Trinajstić information content (AvgIpc) is 3.66. The van der Waals surface area contributed by atoms with Crippen LogP contribution in [-0.2, 0) is 10.8 Å². The minimum atomic E-state index is -0.0862. The topological polar surface area (TPSA) is 3.24 Å². The monoisotopic (exact) mass is 737 g/mol. The molecular formula is C56H51N. The quantitative estimate of drug-likeness (QED) is 0.170. The Morgan fingerprint density at radius 1 is 0.421 bits per heavy atom. The summed E-state index contributed by atoms with van der Waals surface area (Å²) in [6.07, 6.45) is 5.46. The summed E-state index contributed by atoms with van der Waals surface area (Å²) in [5.41, 5.74) is 20.0. The zero-order chi connectivity index (χ0) is 38.5. The maximum atomic E-state index is 2.57. The molecule has 280 valence electrons. The molecule has 1 spiro atoms. The molecule has 0 N–H and O–H groups in total. The fourth-order valence-corrected chi connectivity index (χ4v) is 12.4. The molecule has 11 rings (SSSR count). The molecular weight excluding hydrogens is 687 g/mol. The van der Waals surface area contributed by atoms with E-state index in [-0.39, 0.29) is 10.8 Å². The van der Waals surface area contributed by atoms with Gasteiger partial charge in [0.15, 0.2) is 0 Å². The molecule has 5 atom stereocenters. The molecule has 0 aliphatic heterocycles. The Hall–Kier alpha value is -5.66. The summed E-state index contributed by atoms with van der Waals surface area (Å²) in [6, 6.07) is 62.0. The van der Waals surface area contributed by atoms with Gasteiger partial charge in [-0.15, -0.1) is 0 Å². The van der Waals surface area contributed by atoms with Crippen LogP contribution in [0, 0.1) is 23.7 Å². The Morgan fingerprint density at radius 3 is 1.82 bits per heavy atom. The first-order chi connectivity index (χ1) is 27.8. The van der Waals surface area contributed by atoms with E-state index >= 15 is 0 Å². The highest BCUT2D eigenvalue weighted by atomic mass is 15.1. The number of rotatable bonds is 5. The van der Waals surface area contributed by atoms with Crippen LogP contribution in [0.25, 0.3) is 44.5 Å². The Morgan fingerprint density at radius 2 is 1.02 bits per heavy atom. The lowest BCUT2D eigenvalue weighted by Gasteiger charge is -2.54. The van der Waals surface area contributed by atoms with E-state index in [1.165, 1.54) is 87.0 Å². The summed E-state index contributed by atoms with van der Waals surface area (Å²) in [5.74, 6) is 3.03. The van der Waals surface area contributed by atoms with Gasteiger partial charge in [0.2, 0.25) is 0 Å². The third kappa shape index (κ3) is 5.20. The number of hydrogen-bond donors (Lipinski definition) is 0. The fourth-order valence-electron chi connectivity index (χ4n) is 12.4. The molecule has 7 aromatic carbocycles. The number of benzene rings is 7. The summed E-state index contributed by atoms with van der Waals surface area (Å²) in [7, 11) is 0. The lowest BCUT2D eigenvalue weighted by Crippen LogP contribution is -2.49. The number of nitrogens with zero attached hydrogens (tertiary/aromatic N) is 1. The molecule has 0 aromatic heterocycles. The summed E-state index contributed by atoms with van der Waals surface area (Å²) < 4.78 is 0. The van der Waals surface area contributed by atoms with Crippen LogP contribution < -0.4 is 4.90 Å². The lowest BCUT2D eigenvalue weighted by atomic mass is 9.49. The molecule has 4 aliphatic carbocycles. The molecule has 1 nitrogen and oxygen atoms in total. The van der Waals surface area contributed by atoms with E-state index in [0.29, 0.717) is 11.8 Å². The van der Waals surface area contributed by atoms with Crippen LogP contribution in [0.5, 0.6) is 0 Å². The predicted molar refractivity (Wildman–Crippen MR) is 240 cm³/mol. The number of anilines is 3. The van der Waals surface area contributed by atoms with Crippen LogP contribution in [-0.4, -0.2) is 0 Å². The van der Waals surface area contributed by atoms with Crippen molar-refractivity contribution in [3.8, 4) is 44.5 Å². The molecule has 5 unspecified atom stereocenters. The van der Waals surface area contributed by atoms with Gasteiger partial charge < -0.3 is 4.90 Å². The standard InChI is InChI=1S/C56H51N/c1-36-29-38-31-37(2)56(43(30-36)32-38)52-20-11-9-18-48(52)50-34-42(23-28-53(50)56)41-15-12-16-45(33-41)57(44-24-21-40(22-25-44)39-13-6-5-7-14-39)46-26-27-49-47-17-8-10-19-51(47)55(3,4)54(49)35-46/h5-28,33-38,43H,29-32H2,1-4H3. The van der Waals surface area contributed by atoms with E-state index in [1.807, 2.05) is 0 Å². The third-order valence-electron chi connectivity index (χ3n) is 14.8. The highest BCUT2D eigenvalue weighted by molar-refractivity contribution is 5.89. The molecule has 0 amide bonds. The van der Waals surface area contributed by atoms with E-state index in [9.17, 15) is 0 Å². The molecule has 0 heterocycles. The van der Waals surface area contributed by atoms with Gasteiger partial charge >= 0.3 is 0 Å². The highest BCUT2D eigenvalue weighted by Crippen LogP contribution is 2.64. The smallest absolute Gasteiger partial charge is 0.0467 e. The van der Waals surface area contributed by atoms with E-state index in [2.05, 4.69) is 196 Å². The maximum absolute atomic E-state index is 2.57. The Bertz CT molecular complexity index is 2660. The van der Waals surface area contributed by atoms with Gasteiger partial charge in [0, 0.05) is 27.9 Å². The van der Waals surface area contributed by atoms with Gasteiger partial charge in [0.05, 0.1) is 0 Å². The van der Waals surface area contributed by atoms with E-state index in [0.717, 1.165) is 23.2 Å². The predicted octanol–water partition coefficient (Wildman–Crippen LogP) is 15.2. The van der Waals surface area contributed by atoms with Crippen LogP contribution in [0.1, 0.15) is 75.6 Å². The van der Waals surface area contributed by atoms with E-state index < -0.39 is 0 Å². The van der Waals surface area contributed by atoms with Gasteiger partial charge in [-0.2, -0.15) is 0 Å². The van der Waals surface area contributed by atoms with Gasteiger partial charge in [-0.25, -0.2) is 0 Å². The van der Waals surface area contributed by atoms with Gasteiger partial charge in [0.25, 0.3) is 0 Å². The first-order valence-electron chi connectivity index (χ1n) is 21.4. The van der Waals surface area contributed by atoms with Crippen molar-refractivity contribution in [2.45, 2.75) is 64.2 Å². The van der Waals surface area contributed by atoms with Gasteiger partial charge in [-0.3, -0.25) is 0 Å². The van der Waals surface area contributed by atoms with Crippen molar-refractivity contribution in [3.63, 3.8) is 0 Å². The minimum absolute atomic E-state index is 0.0862. The molecule has 0 saturated heterocycles. The van der Waals surface area contributed by atoms with Crippen molar-refractivity contribution in [1.82, 2.24) is 0 Å². The Kier molecular flexibility index (Phi) is 7.85. The van der Waals surface area contributed by atoms with Crippen LogP contribution in [0.3, 0.4) is 0 Å². The van der Waals surface area contributed by atoms with Crippen molar-refractivity contribution in [2.75, 3.05) is 4.90 Å². The first kappa shape index (κ1) is 34.6. The maximum Gasteiger partial charge on any atom is 0.0467 e. The fraction of sp³-hybridized carbons (Fsp3) is 0.250. The van der Waals surface area contributed by atoms with Gasteiger partial charge in [-0.05, 0) is 159 Å². The second-order valence-corrected chi connectivity index (χ2v) is 18.4. The zero-order valence-corrected chi connectivity index (χ0v) is 33.7. The average molecular weight is 738 g/mol. The SMILES string of the molecule is CC1CC2CC(C)C3(c4ccccc4-c4cc(-c5cccc(N(c6ccc(-c7ccccc7)cc6)c6ccc7c(c6)C(C)(C)c6ccccc6-7)c5)ccc43)C(C1)C2. The summed E-state index contributed by atoms with van der Waals surface area (Å²) in [4.78, 5) is 2.46. The van der Waals surface area contributed by atoms with E-state index in [4.69, 9.17) is 0 Å². The molecule has 2 fully saturated rings. The summed E-state index contributed by atoms with van der Waals surface area (Å²) in [5, 5.41) is 0.